The van der Waals surface area contributed by atoms with Gasteiger partial charge in [0.1, 0.15) is 0 Å². The van der Waals surface area contributed by atoms with E-state index in [2.05, 4.69) is 25.7 Å². The number of hydrogen-bond donors (Lipinski definition) is 1. The molecule has 102 valence electrons. The number of likely N-dealkylation sites (tertiary alicyclic amines) is 1. The molecule has 0 aromatic heterocycles. The third-order valence-corrected chi connectivity index (χ3v) is 4.05. The third-order valence-electron chi connectivity index (χ3n) is 4.05. The molecule has 3 unspecified atom stereocenters. The molecule has 2 N–H and O–H groups in total. The van der Waals surface area contributed by atoms with Crippen LogP contribution in [-0.4, -0.2) is 50.1 Å². The van der Waals surface area contributed by atoms with Gasteiger partial charge in [-0.3, -0.25) is 4.90 Å². The first-order valence-electron chi connectivity index (χ1n) is 6.49. The van der Waals surface area contributed by atoms with Crippen molar-refractivity contribution in [2.45, 2.75) is 51.5 Å². The molecule has 1 rings (SSSR count). The second kappa shape index (κ2) is 6.14. The van der Waals surface area contributed by atoms with Crippen LogP contribution in [-0.2, 0) is 9.47 Å². The average molecular weight is 244 g/mol. The molecular formula is C13H28N2O2. The molecule has 0 saturated carbocycles. The van der Waals surface area contributed by atoms with Gasteiger partial charge in [-0.25, -0.2) is 0 Å². The standard InChI is InChI=1S/C13H28N2O2/c1-10-6-11(2)15(8-10)13(3,9-14)7-12(16-4)17-5/h10-12H,6-9,14H2,1-5H3. The first kappa shape index (κ1) is 14.9. The quantitative estimate of drug-likeness (QED) is 0.718. The van der Waals surface area contributed by atoms with Crippen LogP contribution in [0.3, 0.4) is 0 Å². The summed E-state index contributed by atoms with van der Waals surface area (Å²) < 4.78 is 10.6. The second-order valence-corrected chi connectivity index (χ2v) is 5.65. The second-order valence-electron chi connectivity index (χ2n) is 5.65. The van der Waals surface area contributed by atoms with Gasteiger partial charge in [0.05, 0.1) is 0 Å². The Kier molecular flexibility index (Phi) is 5.38. The zero-order chi connectivity index (χ0) is 13.1. The van der Waals surface area contributed by atoms with E-state index in [0.29, 0.717) is 12.6 Å². The van der Waals surface area contributed by atoms with Crippen LogP contribution in [0, 0.1) is 5.92 Å². The Bertz CT molecular complexity index is 233. The molecule has 4 heteroatoms. The minimum atomic E-state index is -0.174. The van der Waals surface area contributed by atoms with Gasteiger partial charge in [-0.2, -0.15) is 0 Å². The Labute approximate surface area is 105 Å². The van der Waals surface area contributed by atoms with E-state index in [0.717, 1.165) is 18.9 Å². The maximum atomic E-state index is 6.00. The monoisotopic (exact) mass is 244 g/mol. The van der Waals surface area contributed by atoms with Gasteiger partial charge in [0.2, 0.25) is 0 Å². The number of hydrogen-bond acceptors (Lipinski definition) is 4. The van der Waals surface area contributed by atoms with Crippen molar-refractivity contribution in [1.82, 2.24) is 4.90 Å². The molecule has 1 aliphatic heterocycles. The summed E-state index contributed by atoms with van der Waals surface area (Å²) in [6.07, 6.45) is 1.89. The van der Waals surface area contributed by atoms with Gasteiger partial charge >= 0.3 is 0 Å². The molecule has 0 aromatic rings. The Hall–Kier alpha value is -0.160. The SMILES string of the molecule is COC(CC(C)(CN)N1CC(C)CC1C)OC. The summed E-state index contributed by atoms with van der Waals surface area (Å²) in [7, 11) is 3.36. The van der Waals surface area contributed by atoms with Crippen molar-refractivity contribution in [1.29, 1.82) is 0 Å². The minimum absolute atomic E-state index is 0.0408. The van der Waals surface area contributed by atoms with Crippen LogP contribution in [0.1, 0.15) is 33.6 Å². The normalized spacial score (nSPS) is 29.8. The first-order valence-corrected chi connectivity index (χ1v) is 6.49. The maximum absolute atomic E-state index is 6.00. The zero-order valence-electron chi connectivity index (χ0n) is 11.9. The van der Waals surface area contributed by atoms with E-state index in [9.17, 15) is 0 Å². The maximum Gasteiger partial charge on any atom is 0.158 e. The molecule has 0 amide bonds. The van der Waals surface area contributed by atoms with Gasteiger partial charge in [0.25, 0.3) is 0 Å². The fourth-order valence-electron chi connectivity index (χ4n) is 2.99. The molecule has 1 saturated heterocycles. The zero-order valence-corrected chi connectivity index (χ0v) is 11.9. The van der Waals surface area contributed by atoms with Gasteiger partial charge in [0.15, 0.2) is 6.29 Å². The van der Waals surface area contributed by atoms with E-state index in [1.54, 1.807) is 14.2 Å². The van der Waals surface area contributed by atoms with Crippen molar-refractivity contribution in [3.63, 3.8) is 0 Å². The largest absolute Gasteiger partial charge is 0.356 e. The summed E-state index contributed by atoms with van der Waals surface area (Å²) in [6.45, 7) is 8.55. The Morgan fingerprint density at radius 1 is 1.35 bits per heavy atom. The lowest BCUT2D eigenvalue weighted by Crippen LogP contribution is -2.55. The summed E-state index contributed by atoms with van der Waals surface area (Å²) in [5.74, 6) is 0.749. The Balaban J connectivity index is 2.73. The van der Waals surface area contributed by atoms with Gasteiger partial charge in [0, 0.05) is 45.3 Å². The van der Waals surface area contributed by atoms with E-state index in [1.165, 1.54) is 6.42 Å². The van der Waals surface area contributed by atoms with E-state index in [1.807, 2.05) is 0 Å². The first-order chi connectivity index (χ1) is 7.96. The molecule has 0 spiro atoms. The number of methoxy groups -OCH3 is 2. The lowest BCUT2D eigenvalue weighted by molar-refractivity contribution is -0.129. The summed E-state index contributed by atoms with van der Waals surface area (Å²) in [4.78, 5) is 2.52. The van der Waals surface area contributed by atoms with Crippen LogP contribution in [0.15, 0.2) is 0 Å². The molecule has 0 radical (unpaired) electrons. The van der Waals surface area contributed by atoms with Crippen LogP contribution < -0.4 is 5.73 Å². The number of ether oxygens (including phenoxy) is 2. The molecule has 1 heterocycles. The molecule has 1 aliphatic rings. The van der Waals surface area contributed by atoms with Crippen molar-refractivity contribution in [2.75, 3.05) is 27.3 Å². The van der Waals surface area contributed by atoms with Crippen molar-refractivity contribution in [2.24, 2.45) is 11.7 Å². The molecule has 4 nitrogen and oxygen atoms in total. The van der Waals surface area contributed by atoms with Crippen LogP contribution in [0.25, 0.3) is 0 Å². The van der Waals surface area contributed by atoms with E-state index >= 15 is 0 Å². The van der Waals surface area contributed by atoms with E-state index < -0.39 is 0 Å². The topological polar surface area (TPSA) is 47.7 Å². The summed E-state index contributed by atoms with van der Waals surface area (Å²) in [6, 6.07) is 0.591. The highest BCUT2D eigenvalue weighted by Crippen LogP contribution is 2.32. The van der Waals surface area contributed by atoms with Crippen LogP contribution in [0.5, 0.6) is 0 Å². The molecule has 17 heavy (non-hydrogen) atoms. The van der Waals surface area contributed by atoms with E-state index in [-0.39, 0.29) is 11.8 Å². The fourth-order valence-corrected chi connectivity index (χ4v) is 2.99. The predicted octanol–water partition coefficient (Wildman–Crippen LogP) is 1.44. The molecule has 1 fully saturated rings. The average Bonchev–Trinajstić information content (AvgIpc) is 2.65. The smallest absolute Gasteiger partial charge is 0.158 e. The van der Waals surface area contributed by atoms with Crippen molar-refractivity contribution in [3.05, 3.63) is 0 Å². The van der Waals surface area contributed by atoms with Gasteiger partial charge in [-0.15, -0.1) is 0 Å². The summed E-state index contributed by atoms with van der Waals surface area (Å²) in [5, 5.41) is 0. The highest BCUT2D eigenvalue weighted by molar-refractivity contribution is 4.95. The summed E-state index contributed by atoms with van der Waals surface area (Å²) >= 11 is 0. The Morgan fingerprint density at radius 2 is 1.94 bits per heavy atom. The van der Waals surface area contributed by atoms with Crippen LogP contribution in [0.2, 0.25) is 0 Å². The van der Waals surface area contributed by atoms with Crippen LogP contribution >= 0.6 is 0 Å². The minimum Gasteiger partial charge on any atom is -0.356 e. The summed E-state index contributed by atoms with van der Waals surface area (Å²) in [5.41, 5.74) is 5.96. The predicted molar refractivity (Wildman–Crippen MR) is 69.8 cm³/mol. The molecule has 0 aromatic carbocycles. The molecule has 3 atom stereocenters. The highest BCUT2D eigenvalue weighted by Gasteiger charge is 2.40. The van der Waals surface area contributed by atoms with Gasteiger partial charge < -0.3 is 15.2 Å². The number of nitrogens with two attached hydrogens (primary N) is 1. The molecule has 0 bridgehead atoms. The lowest BCUT2D eigenvalue weighted by atomic mass is 9.94. The van der Waals surface area contributed by atoms with Gasteiger partial charge in [-0.05, 0) is 26.2 Å². The number of nitrogens with zero attached hydrogens (tertiary/aromatic N) is 1. The Morgan fingerprint density at radius 3 is 2.29 bits per heavy atom. The van der Waals surface area contributed by atoms with E-state index in [4.69, 9.17) is 15.2 Å². The van der Waals surface area contributed by atoms with Crippen molar-refractivity contribution in [3.8, 4) is 0 Å². The van der Waals surface area contributed by atoms with Crippen LogP contribution in [0.4, 0.5) is 0 Å². The highest BCUT2D eigenvalue weighted by atomic mass is 16.7. The molecular weight excluding hydrogens is 216 g/mol. The molecule has 0 aliphatic carbocycles. The van der Waals surface area contributed by atoms with Crippen molar-refractivity contribution < 1.29 is 9.47 Å². The van der Waals surface area contributed by atoms with Crippen molar-refractivity contribution >= 4 is 0 Å². The lowest BCUT2D eigenvalue weighted by Gasteiger charge is -2.42. The third kappa shape index (κ3) is 3.41. The number of rotatable bonds is 6. The van der Waals surface area contributed by atoms with Gasteiger partial charge in [-0.1, -0.05) is 6.92 Å². The fraction of sp³-hybridized carbons (Fsp3) is 1.00.